The van der Waals surface area contributed by atoms with E-state index in [1.807, 2.05) is 0 Å². The number of hydrogen-bond acceptors (Lipinski definition) is 11. The Balaban J connectivity index is 1.58. The number of aliphatic hydroxyl groups excluding tert-OH is 2. The second-order valence-electron chi connectivity index (χ2n) is 12.1. The average Bonchev–Trinajstić information content (AvgIpc) is 3.06. The number of amides is 2. The van der Waals surface area contributed by atoms with Gasteiger partial charge in [0.25, 0.3) is 5.91 Å². The van der Waals surface area contributed by atoms with Crippen molar-refractivity contribution in [3.05, 3.63) is 54.1 Å². The van der Waals surface area contributed by atoms with Gasteiger partial charge in [-0.1, -0.05) is 45.1 Å². The normalized spacial score (nSPS) is 21.4. The Labute approximate surface area is 280 Å². The van der Waals surface area contributed by atoms with E-state index < -0.39 is 66.3 Å². The molecular formula is C35H49N3O10. The number of ether oxygens (including phenoxy) is 2. The lowest BCUT2D eigenvalue weighted by Crippen LogP contribution is -2.61. The van der Waals surface area contributed by atoms with Crippen LogP contribution in [-0.2, 0) is 19.1 Å². The molecule has 0 radical (unpaired) electrons. The van der Waals surface area contributed by atoms with Crippen molar-refractivity contribution in [1.29, 1.82) is 0 Å². The summed E-state index contributed by atoms with van der Waals surface area (Å²) in [5.41, 5.74) is 4.20. The highest BCUT2D eigenvalue weighted by molar-refractivity contribution is 5.98. The Morgan fingerprint density at radius 1 is 0.979 bits per heavy atom. The number of anilines is 1. The van der Waals surface area contributed by atoms with Gasteiger partial charge in [-0.15, -0.1) is 0 Å². The summed E-state index contributed by atoms with van der Waals surface area (Å²) < 4.78 is 11.1. The molecule has 1 fully saturated rings. The van der Waals surface area contributed by atoms with Crippen molar-refractivity contribution in [3.63, 3.8) is 0 Å². The third-order valence-corrected chi connectivity index (χ3v) is 8.17. The van der Waals surface area contributed by atoms with E-state index in [9.17, 15) is 39.9 Å². The molecule has 13 heteroatoms. The zero-order valence-electron chi connectivity index (χ0n) is 27.3. The predicted molar refractivity (Wildman–Crippen MR) is 179 cm³/mol. The Hall–Kier alpha value is -4.17. The molecular weight excluding hydrogens is 622 g/mol. The van der Waals surface area contributed by atoms with Crippen molar-refractivity contribution in [1.82, 2.24) is 5.32 Å². The van der Waals surface area contributed by atoms with Gasteiger partial charge in [0.15, 0.2) is 11.5 Å². The highest BCUT2D eigenvalue weighted by Crippen LogP contribution is 2.32. The SMILES string of the molecule is CCCCCCCCOc1ccc(NC(=O)C(CCCN)NC(=O)[C@]2(O)C[C@@H](O)[C@@H](O)[C@H](OC(=O)/C=C/c3ccc(O)c(O)c3)C2)cc1. The predicted octanol–water partition coefficient (Wildman–Crippen LogP) is 2.87. The minimum Gasteiger partial charge on any atom is -0.504 e. The standard InChI is InChI=1S/C35H49N3O10/c1-2-3-4-5-6-7-19-47-25-14-12-24(13-15-25)37-33(44)26(9-8-18-36)38-34(45)35(46)21-29(41)32(43)30(22-35)48-31(42)17-11-23-10-16-27(39)28(40)20-23/h10-17,20,26,29-30,32,39-41,43,46H,2-9,18-19,21-22,36H2,1H3,(H,37,44)(H,38,45)/b17-11+/t26?,29-,30-,32-,35+/m1/s1. The summed E-state index contributed by atoms with van der Waals surface area (Å²) in [7, 11) is 0. The van der Waals surface area contributed by atoms with Crippen LogP contribution in [0, 0.1) is 0 Å². The molecule has 0 spiro atoms. The fourth-order valence-electron chi connectivity index (χ4n) is 5.36. The number of unbranched alkanes of at least 4 members (excludes halogenated alkanes) is 5. The van der Waals surface area contributed by atoms with E-state index in [1.54, 1.807) is 24.3 Å². The number of esters is 1. The van der Waals surface area contributed by atoms with Crippen molar-refractivity contribution in [2.24, 2.45) is 5.73 Å². The lowest BCUT2D eigenvalue weighted by molar-refractivity contribution is -0.187. The molecule has 48 heavy (non-hydrogen) atoms. The third kappa shape index (κ3) is 11.8. The number of rotatable bonds is 18. The fourth-order valence-corrected chi connectivity index (χ4v) is 5.36. The van der Waals surface area contributed by atoms with Gasteiger partial charge in [0, 0.05) is 24.6 Å². The summed E-state index contributed by atoms with van der Waals surface area (Å²) in [4.78, 5) is 39.1. The van der Waals surface area contributed by atoms with Crippen LogP contribution >= 0.6 is 0 Å². The summed E-state index contributed by atoms with van der Waals surface area (Å²) in [5.74, 6) is -2.56. The maximum atomic E-state index is 13.4. The lowest BCUT2D eigenvalue weighted by atomic mass is 9.78. The molecule has 1 aliphatic carbocycles. The number of phenols is 2. The third-order valence-electron chi connectivity index (χ3n) is 8.17. The summed E-state index contributed by atoms with van der Waals surface area (Å²) >= 11 is 0. The Morgan fingerprint density at radius 3 is 2.38 bits per heavy atom. The summed E-state index contributed by atoms with van der Waals surface area (Å²) in [6, 6.07) is 9.61. The van der Waals surface area contributed by atoms with E-state index in [4.69, 9.17) is 15.2 Å². The van der Waals surface area contributed by atoms with E-state index in [-0.39, 0.29) is 18.7 Å². The van der Waals surface area contributed by atoms with Crippen LogP contribution in [0.1, 0.15) is 76.7 Å². The van der Waals surface area contributed by atoms with E-state index in [0.717, 1.165) is 18.9 Å². The molecule has 264 valence electrons. The number of carbonyl (C=O) groups excluding carboxylic acids is 3. The quantitative estimate of drug-likeness (QED) is 0.0498. The maximum Gasteiger partial charge on any atom is 0.331 e. The van der Waals surface area contributed by atoms with E-state index in [2.05, 4.69) is 17.6 Å². The van der Waals surface area contributed by atoms with Crippen LogP contribution in [0.25, 0.3) is 6.08 Å². The van der Waals surface area contributed by atoms with Crippen molar-refractivity contribution in [2.45, 2.75) is 101 Å². The number of benzene rings is 2. The van der Waals surface area contributed by atoms with Crippen LogP contribution in [0.2, 0.25) is 0 Å². The number of nitrogens with one attached hydrogen (secondary N) is 2. The van der Waals surface area contributed by atoms with Crippen molar-refractivity contribution in [2.75, 3.05) is 18.5 Å². The van der Waals surface area contributed by atoms with E-state index in [0.29, 0.717) is 30.0 Å². The number of hydrogen-bond donors (Lipinski definition) is 8. The first-order chi connectivity index (χ1) is 22.9. The largest absolute Gasteiger partial charge is 0.504 e. The summed E-state index contributed by atoms with van der Waals surface area (Å²) in [6.45, 7) is 3.03. The number of aromatic hydroxyl groups is 2. The molecule has 5 atom stereocenters. The first kappa shape index (κ1) is 38.3. The van der Waals surface area contributed by atoms with Gasteiger partial charge in [-0.25, -0.2) is 4.79 Å². The first-order valence-corrected chi connectivity index (χ1v) is 16.5. The summed E-state index contributed by atoms with van der Waals surface area (Å²) in [5, 5.41) is 56.6. The molecule has 1 aliphatic rings. The van der Waals surface area contributed by atoms with Crippen LogP contribution in [-0.4, -0.2) is 86.4 Å². The molecule has 2 aromatic carbocycles. The molecule has 0 aromatic heterocycles. The molecule has 1 unspecified atom stereocenters. The van der Waals surface area contributed by atoms with Gasteiger partial charge in [0.05, 0.1) is 12.7 Å². The number of aliphatic hydroxyl groups is 3. The highest BCUT2D eigenvalue weighted by Gasteiger charge is 2.50. The summed E-state index contributed by atoms with van der Waals surface area (Å²) in [6.07, 6.45) is 3.93. The number of carbonyl (C=O) groups is 3. The van der Waals surface area contributed by atoms with Gasteiger partial charge in [0.2, 0.25) is 5.91 Å². The van der Waals surface area contributed by atoms with Gasteiger partial charge in [-0.05, 0) is 73.8 Å². The van der Waals surface area contributed by atoms with E-state index >= 15 is 0 Å². The van der Waals surface area contributed by atoms with Crippen molar-refractivity contribution < 1.29 is 49.4 Å². The Kier molecular flexibility index (Phi) is 15.1. The molecule has 0 heterocycles. The van der Waals surface area contributed by atoms with Gasteiger partial charge in [0.1, 0.15) is 29.6 Å². The monoisotopic (exact) mass is 671 g/mol. The van der Waals surface area contributed by atoms with Crippen molar-refractivity contribution >= 4 is 29.5 Å². The molecule has 13 nitrogen and oxygen atoms in total. The smallest absolute Gasteiger partial charge is 0.331 e. The second-order valence-corrected chi connectivity index (χ2v) is 12.1. The minimum atomic E-state index is -2.29. The first-order valence-electron chi connectivity index (χ1n) is 16.5. The van der Waals surface area contributed by atoms with Crippen LogP contribution in [0.15, 0.2) is 48.5 Å². The second kappa shape index (κ2) is 19.0. The molecule has 2 amide bonds. The molecule has 0 saturated heterocycles. The lowest BCUT2D eigenvalue weighted by Gasteiger charge is -2.41. The topological polar surface area (TPSA) is 221 Å². The number of nitrogens with two attached hydrogens (primary N) is 1. The van der Waals surface area contributed by atoms with Crippen LogP contribution in [0.4, 0.5) is 5.69 Å². The fraction of sp³-hybridized carbons (Fsp3) is 0.514. The van der Waals surface area contributed by atoms with Crippen LogP contribution < -0.4 is 21.1 Å². The molecule has 1 saturated carbocycles. The minimum absolute atomic E-state index is 0.158. The van der Waals surface area contributed by atoms with Gasteiger partial charge >= 0.3 is 5.97 Å². The maximum absolute atomic E-state index is 13.4. The zero-order chi connectivity index (χ0) is 35.1. The number of phenolic OH excluding ortho intramolecular Hbond substituents is 2. The molecule has 3 rings (SSSR count). The van der Waals surface area contributed by atoms with Crippen molar-refractivity contribution in [3.8, 4) is 17.2 Å². The highest BCUT2D eigenvalue weighted by atomic mass is 16.6. The van der Waals surface area contributed by atoms with Gasteiger partial charge < -0.3 is 51.4 Å². The Bertz CT molecular complexity index is 1370. The van der Waals surface area contributed by atoms with Gasteiger partial charge in [-0.3, -0.25) is 9.59 Å². The molecule has 0 bridgehead atoms. The van der Waals surface area contributed by atoms with Crippen LogP contribution in [0.5, 0.6) is 17.2 Å². The van der Waals surface area contributed by atoms with Gasteiger partial charge in [-0.2, -0.15) is 0 Å². The molecule has 9 N–H and O–H groups in total. The molecule has 0 aliphatic heterocycles. The zero-order valence-corrected chi connectivity index (χ0v) is 27.3. The Morgan fingerprint density at radius 2 is 1.69 bits per heavy atom. The van der Waals surface area contributed by atoms with Crippen LogP contribution in [0.3, 0.4) is 0 Å². The molecule has 2 aromatic rings. The van der Waals surface area contributed by atoms with E-state index in [1.165, 1.54) is 50.0 Å². The average molecular weight is 672 g/mol.